The van der Waals surface area contributed by atoms with Crippen LogP contribution >= 0.6 is 15.9 Å². The molecule has 0 aliphatic heterocycles. The van der Waals surface area contributed by atoms with E-state index in [-0.39, 0.29) is 0 Å². The van der Waals surface area contributed by atoms with Crippen molar-refractivity contribution in [1.29, 1.82) is 0 Å². The summed E-state index contributed by atoms with van der Waals surface area (Å²) in [6, 6.07) is 0. The summed E-state index contributed by atoms with van der Waals surface area (Å²) in [4.78, 5) is 3.91. The van der Waals surface area contributed by atoms with E-state index in [9.17, 15) is 5.11 Å². The smallest absolute Gasteiger partial charge is 0.159 e. The predicted octanol–water partition coefficient (Wildman–Crippen LogP) is 0.865. The highest BCUT2D eigenvalue weighted by atomic mass is 79.9. The van der Waals surface area contributed by atoms with Crippen LogP contribution in [0.5, 0.6) is 0 Å². The minimum Gasteiger partial charge on any atom is -0.379 e. The predicted molar refractivity (Wildman–Crippen MR) is 56.0 cm³/mol. The molecular weight excluding hydrogens is 262 g/mol. The van der Waals surface area contributed by atoms with Crippen molar-refractivity contribution in [3.63, 3.8) is 0 Å². The summed E-state index contributed by atoms with van der Waals surface area (Å²) in [5.41, 5.74) is 0.675. The first-order valence-electron chi connectivity index (χ1n) is 4.48. The molecule has 15 heavy (non-hydrogen) atoms. The molecule has 0 saturated carbocycles. The SMILES string of the molecule is CCn1ncc(Br)c1C(O)c1ncn[nH]1. The molecule has 2 N–H and O–H groups in total. The fraction of sp³-hybridized carbons (Fsp3) is 0.375. The summed E-state index contributed by atoms with van der Waals surface area (Å²) < 4.78 is 2.46. The molecule has 2 aromatic heterocycles. The largest absolute Gasteiger partial charge is 0.379 e. The first-order valence-corrected chi connectivity index (χ1v) is 5.27. The van der Waals surface area contributed by atoms with Crippen LogP contribution < -0.4 is 0 Å². The Labute approximate surface area is 94.5 Å². The number of aromatic amines is 1. The Bertz CT molecular complexity index is 438. The van der Waals surface area contributed by atoms with E-state index in [1.54, 1.807) is 10.9 Å². The van der Waals surface area contributed by atoms with Crippen molar-refractivity contribution >= 4 is 15.9 Å². The van der Waals surface area contributed by atoms with Gasteiger partial charge in [-0.2, -0.15) is 10.2 Å². The highest BCUT2D eigenvalue weighted by Crippen LogP contribution is 2.26. The second kappa shape index (κ2) is 4.11. The summed E-state index contributed by atoms with van der Waals surface area (Å²) in [6.45, 7) is 2.64. The lowest BCUT2D eigenvalue weighted by molar-refractivity contribution is 0.197. The second-order valence-corrected chi connectivity index (χ2v) is 3.82. The van der Waals surface area contributed by atoms with Crippen LogP contribution in [0.25, 0.3) is 0 Å². The van der Waals surface area contributed by atoms with Gasteiger partial charge in [-0.1, -0.05) is 0 Å². The van der Waals surface area contributed by atoms with Crippen molar-refractivity contribution in [2.24, 2.45) is 0 Å². The van der Waals surface area contributed by atoms with Gasteiger partial charge in [0.05, 0.1) is 16.4 Å². The van der Waals surface area contributed by atoms with Crippen molar-refractivity contribution in [2.75, 3.05) is 0 Å². The lowest BCUT2D eigenvalue weighted by Gasteiger charge is -2.10. The molecule has 0 spiro atoms. The molecule has 2 aromatic rings. The normalized spacial score (nSPS) is 13.0. The Kier molecular flexibility index (Phi) is 2.83. The summed E-state index contributed by atoms with van der Waals surface area (Å²) in [6.07, 6.45) is 2.17. The number of hydrogen-bond acceptors (Lipinski definition) is 4. The average molecular weight is 272 g/mol. The molecule has 0 saturated heterocycles. The maximum atomic E-state index is 10.0. The highest BCUT2D eigenvalue weighted by molar-refractivity contribution is 9.10. The van der Waals surface area contributed by atoms with E-state index in [0.717, 1.165) is 4.47 Å². The van der Waals surface area contributed by atoms with E-state index in [2.05, 4.69) is 36.2 Å². The van der Waals surface area contributed by atoms with Crippen molar-refractivity contribution in [2.45, 2.75) is 19.6 Å². The molecule has 0 radical (unpaired) electrons. The number of H-pyrrole nitrogens is 1. The topological polar surface area (TPSA) is 79.6 Å². The molecule has 0 fully saturated rings. The summed E-state index contributed by atoms with van der Waals surface area (Å²) in [7, 11) is 0. The number of aliphatic hydroxyl groups is 1. The number of rotatable bonds is 3. The molecule has 0 aromatic carbocycles. The summed E-state index contributed by atoms with van der Waals surface area (Å²) >= 11 is 3.34. The Hall–Kier alpha value is -1.21. The van der Waals surface area contributed by atoms with Gasteiger partial charge >= 0.3 is 0 Å². The van der Waals surface area contributed by atoms with Crippen LogP contribution in [0.3, 0.4) is 0 Å². The third-order valence-corrected chi connectivity index (χ3v) is 2.70. The molecule has 7 heteroatoms. The fourth-order valence-corrected chi connectivity index (χ4v) is 1.89. The minimum absolute atomic E-state index is 0.408. The summed E-state index contributed by atoms with van der Waals surface area (Å²) in [5.74, 6) is 0.408. The van der Waals surface area contributed by atoms with Crippen LogP contribution in [0, 0.1) is 0 Å². The Morgan fingerprint density at radius 3 is 3.07 bits per heavy atom. The summed E-state index contributed by atoms with van der Waals surface area (Å²) in [5, 5.41) is 20.5. The molecule has 2 rings (SSSR count). The zero-order chi connectivity index (χ0) is 10.8. The van der Waals surface area contributed by atoms with Crippen molar-refractivity contribution in [3.05, 3.63) is 28.5 Å². The van der Waals surface area contributed by atoms with Crippen LogP contribution in [-0.4, -0.2) is 30.1 Å². The van der Waals surface area contributed by atoms with Crippen LogP contribution in [0.15, 0.2) is 17.0 Å². The van der Waals surface area contributed by atoms with E-state index in [4.69, 9.17) is 0 Å². The number of aromatic nitrogens is 5. The monoisotopic (exact) mass is 271 g/mol. The van der Waals surface area contributed by atoms with E-state index < -0.39 is 6.10 Å². The van der Waals surface area contributed by atoms with Gasteiger partial charge in [-0.05, 0) is 22.9 Å². The van der Waals surface area contributed by atoms with Gasteiger partial charge in [0.15, 0.2) is 11.9 Å². The van der Waals surface area contributed by atoms with Crippen LogP contribution in [-0.2, 0) is 6.54 Å². The van der Waals surface area contributed by atoms with Gasteiger partial charge in [0.25, 0.3) is 0 Å². The van der Waals surface area contributed by atoms with E-state index in [1.165, 1.54) is 6.33 Å². The van der Waals surface area contributed by atoms with Gasteiger partial charge in [-0.25, -0.2) is 4.98 Å². The zero-order valence-corrected chi connectivity index (χ0v) is 9.64. The van der Waals surface area contributed by atoms with Gasteiger partial charge in [0.2, 0.25) is 0 Å². The van der Waals surface area contributed by atoms with Crippen LogP contribution in [0.2, 0.25) is 0 Å². The number of aliphatic hydroxyl groups excluding tert-OH is 1. The highest BCUT2D eigenvalue weighted by Gasteiger charge is 2.21. The van der Waals surface area contributed by atoms with Gasteiger partial charge in [0, 0.05) is 6.54 Å². The maximum Gasteiger partial charge on any atom is 0.159 e. The maximum absolute atomic E-state index is 10.0. The first kappa shape index (κ1) is 10.3. The number of halogens is 1. The zero-order valence-electron chi connectivity index (χ0n) is 8.05. The standard InChI is InChI=1S/C8H10BrN5O/c1-2-14-6(5(9)3-12-14)7(15)8-10-4-11-13-8/h3-4,7,15H,2H2,1H3,(H,10,11,13). The average Bonchev–Trinajstić information content (AvgIpc) is 2.85. The Morgan fingerprint density at radius 1 is 1.67 bits per heavy atom. The van der Waals surface area contributed by atoms with Crippen molar-refractivity contribution < 1.29 is 5.11 Å². The van der Waals surface area contributed by atoms with Gasteiger partial charge in [-0.3, -0.25) is 9.78 Å². The number of nitrogens with one attached hydrogen (secondary N) is 1. The van der Waals surface area contributed by atoms with E-state index >= 15 is 0 Å². The molecule has 1 atom stereocenters. The lowest BCUT2D eigenvalue weighted by atomic mass is 10.2. The molecule has 0 bridgehead atoms. The quantitative estimate of drug-likeness (QED) is 0.868. The fourth-order valence-electron chi connectivity index (χ4n) is 1.37. The molecule has 1 unspecified atom stereocenters. The lowest BCUT2D eigenvalue weighted by Crippen LogP contribution is -2.10. The number of aryl methyl sites for hydroxylation is 1. The third kappa shape index (κ3) is 1.80. The Balaban J connectivity index is 2.40. The first-order chi connectivity index (χ1) is 7.24. The van der Waals surface area contributed by atoms with Crippen LogP contribution in [0.1, 0.15) is 24.5 Å². The Morgan fingerprint density at radius 2 is 2.47 bits per heavy atom. The molecular formula is C8H10BrN5O. The third-order valence-electron chi connectivity index (χ3n) is 2.08. The van der Waals surface area contributed by atoms with Gasteiger partial charge < -0.3 is 5.11 Å². The van der Waals surface area contributed by atoms with Crippen molar-refractivity contribution in [3.8, 4) is 0 Å². The molecule has 0 aliphatic rings. The van der Waals surface area contributed by atoms with E-state index in [1.807, 2.05) is 6.92 Å². The van der Waals surface area contributed by atoms with E-state index in [0.29, 0.717) is 18.1 Å². The van der Waals surface area contributed by atoms with Crippen molar-refractivity contribution in [1.82, 2.24) is 25.0 Å². The van der Waals surface area contributed by atoms with Gasteiger partial charge in [-0.15, -0.1) is 0 Å². The molecule has 2 heterocycles. The molecule has 80 valence electrons. The molecule has 0 aliphatic carbocycles. The molecule has 0 amide bonds. The minimum atomic E-state index is -0.843. The number of nitrogens with zero attached hydrogens (tertiary/aromatic N) is 4. The number of hydrogen-bond donors (Lipinski definition) is 2. The van der Waals surface area contributed by atoms with Crippen LogP contribution in [0.4, 0.5) is 0 Å². The molecule has 6 nitrogen and oxygen atoms in total. The second-order valence-electron chi connectivity index (χ2n) is 2.97. The van der Waals surface area contributed by atoms with Gasteiger partial charge in [0.1, 0.15) is 6.33 Å².